The van der Waals surface area contributed by atoms with Crippen molar-refractivity contribution in [1.29, 1.82) is 0 Å². The fourth-order valence-corrected chi connectivity index (χ4v) is 3.22. The molecule has 0 amide bonds. The molecule has 2 rings (SSSR count). The van der Waals surface area contributed by atoms with Crippen LogP contribution in [-0.2, 0) is 9.84 Å². The summed E-state index contributed by atoms with van der Waals surface area (Å²) in [6, 6.07) is 4.59. The number of nitrogens with zero attached hydrogens (tertiary/aromatic N) is 1. The summed E-state index contributed by atoms with van der Waals surface area (Å²) in [5, 5.41) is 3.04. The van der Waals surface area contributed by atoms with Crippen LogP contribution in [0.4, 0.5) is 10.2 Å². The van der Waals surface area contributed by atoms with Crippen LogP contribution in [0.15, 0.2) is 18.2 Å². The van der Waals surface area contributed by atoms with Gasteiger partial charge in [-0.1, -0.05) is 6.07 Å². The number of hydrogen-bond acceptors (Lipinski definition) is 4. The van der Waals surface area contributed by atoms with E-state index in [0.29, 0.717) is 18.7 Å². The zero-order valence-electron chi connectivity index (χ0n) is 8.69. The normalized spacial score (nSPS) is 20.6. The van der Waals surface area contributed by atoms with Crippen molar-refractivity contribution in [1.82, 2.24) is 4.98 Å². The highest BCUT2D eigenvalue weighted by molar-refractivity contribution is 7.91. The first-order chi connectivity index (χ1) is 7.55. The SMILES string of the molecule is O=S1(=O)CCC(Nc2cccc(F)n2)CC1. The lowest BCUT2D eigenvalue weighted by Gasteiger charge is -2.23. The van der Waals surface area contributed by atoms with Gasteiger partial charge in [0.15, 0.2) is 0 Å². The van der Waals surface area contributed by atoms with E-state index in [1.807, 2.05) is 0 Å². The molecular formula is C10H13FN2O2S. The first kappa shape index (κ1) is 11.3. The molecule has 0 radical (unpaired) electrons. The maximum atomic E-state index is 12.8. The van der Waals surface area contributed by atoms with E-state index in [1.54, 1.807) is 12.1 Å². The second-order valence-corrected chi connectivity index (χ2v) is 6.22. The van der Waals surface area contributed by atoms with Gasteiger partial charge in [0.1, 0.15) is 15.7 Å². The molecule has 1 aromatic heterocycles. The van der Waals surface area contributed by atoms with Crippen LogP contribution in [0.2, 0.25) is 0 Å². The lowest BCUT2D eigenvalue weighted by atomic mass is 10.1. The van der Waals surface area contributed by atoms with Crippen LogP contribution >= 0.6 is 0 Å². The molecule has 0 atom stereocenters. The number of rotatable bonds is 2. The Morgan fingerprint density at radius 1 is 1.31 bits per heavy atom. The van der Waals surface area contributed by atoms with E-state index in [2.05, 4.69) is 10.3 Å². The Morgan fingerprint density at radius 2 is 2.00 bits per heavy atom. The molecule has 0 saturated carbocycles. The van der Waals surface area contributed by atoms with Crippen molar-refractivity contribution in [3.05, 3.63) is 24.1 Å². The zero-order valence-corrected chi connectivity index (χ0v) is 9.50. The van der Waals surface area contributed by atoms with E-state index in [-0.39, 0.29) is 17.5 Å². The highest BCUT2D eigenvalue weighted by atomic mass is 32.2. The number of pyridine rings is 1. The van der Waals surface area contributed by atoms with Gasteiger partial charge in [-0.15, -0.1) is 0 Å². The second-order valence-electron chi connectivity index (χ2n) is 3.92. The average molecular weight is 244 g/mol. The number of aromatic nitrogens is 1. The summed E-state index contributed by atoms with van der Waals surface area (Å²) in [6.45, 7) is 0. The van der Waals surface area contributed by atoms with Gasteiger partial charge >= 0.3 is 0 Å². The summed E-state index contributed by atoms with van der Waals surface area (Å²) < 4.78 is 35.2. The Balaban J connectivity index is 1.97. The molecule has 1 aliphatic heterocycles. The third kappa shape index (κ3) is 2.91. The Hall–Kier alpha value is -1.17. The van der Waals surface area contributed by atoms with Crippen molar-refractivity contribution in [2.45, 2.75) is 18.9 Å². The Bertz CT molecular complexity index is 461. The Labute approximate surface area is 93.8 Å². The highest BCUT2D eigenvalue weighted by Gasteiger charge is 2.23. The smallest absolute Gasteiger partial charge is 0.214 e. The lowest BCUT2D eigenvalue weighted by molar-refractivity contribution is 0.555. The molecule has 1 N–H and O–H groups in total. The molecule has 2 heterocycles. The molecule has 0 aromatic carbocycles. The van der Waals surface area contributed by atoms with Crippen LogP contribution in [-0.4, -0.2) is 30.9 Å². The summed E-state index contributed by atoms with van der Waals surface area (Å²) in [5.74, 6) is 0.317. The maximum absolute atomic E-state index is 12.8. The van der Waals surface area contributed by atoms with Gasteiger partial charge in [0, 0.05) is 6.04 Å². The van der Waals surface area contributed by atoms with Crippen LogP contribution in [0.3, 0.4) is 0 Å². The average Bonchev–Trinajstić information content (AvgIpc) is 2.21. The number of hydrogen-bond donors (Lipinski definition) is 1. The monoisotopic (exact) mass is 244 g/mol. The molecule has 88 valence electrons. The molecule has 1 aromatic rings. The summed E-state index contributed by atoms with van der Waals surface area (Å²) in [7, 11) is -2.85. The topological polar surface area (TPSA) is 59.1 Å². The minimum Gasteiger partial charge on any atom is -0.367 e. The Morgan fingerprint density at radius 3 is 2.62 bits per heavy atom. The molecule has 0 bridgehead atoms. The number of anilines is 1. The quantitative estimate of drug-likeness (QED) is 0.794. The number of halogens is 1. The first-order valence-electron chi connectivity index (χ1n) is 5.15. The minimum absolute atomic E-state index is 0.0674. The molecule has 16 heavy (non-hydrogen) atoms. The van der Waals surface area contributed by atoms with Gasteiger partial charge in [-0.05, 0) is 25.0 Å². The van der Waals surface area contributed by atoms with E-state index in [1.165, 1.54) is 6.07 Å². The van der Waals surface area contributed by atoms with E-state index in [4.69, 9.17) is 0 Å². The summed E-state index contributed by atoms with van der Waals surface area (Å²) in [5.41, 5.74) is 0. The fourth-order valence-electron chi connectivity index (χ4n) is 1.73. The highest BCUT2D eigenvalue weighted by Crippen LogP contribution is 2.16. The van der Waals surface area contributed by atoms with Crippen molar-refractivity contribution >= 4 is 15.7 Å². The van der Waals surface area contributed by atoms with E-state index < -0.39 is 15.8 Å². The predicted molar refractivity (Wildman–Crippen MR) is 59.5 cm³/mol. The van der Waals surface area contributed by atoms with Crippen LogP contribution < -0.4 is 5.32 Å². The predicted octanol–water partition coefficient (Wildman–Crippen LogP) is 1.21. The largest absolute Gasteiger partial charge is 0.367 e. The van der Waals surface area contributed by atoms with Gasteiger partial charge in [-0.25, -0.2) is 13.4 Å². The van der Waals surface area contributed by atoms with Gasteiger partial charge in [-0.2, -0.15) is 4.39 Å². The van der Waals surface area contributed by atoms with Crippen LogP contribution in [0.5, 0.6) is 0 Å². The first-order valence-corrected chi connectivity index (χ1v) is 6.97. The van der Waals surface area contributed by atoms with Gasteiger partial charge in [0.25, 0.3) is 0 Å². The zero-order chi connectivity index (χ0) is 11.6. The van der Waals surface area contributed by atoms with Gasteiger partial charge < -0.3 is 5.32 Å². The summed E-state index contributed by atoms with van der Waals surface area (Å²) in [6.07, 6.45) is 1.11. The van der Waals surface area contributed by atoms with Gasteiger partial charge in [-0.3, -0.25) is 0 Å². The molecule has 0 spiro atoms. The molecular weight excluding hydrogens is 231 g/mol. The molecule has 4 nitrogen and oxygen atoms in total. The van der Waals surface area contributed by atoms with Gasteiger partial charge in [0.2, 0.25) is 5.95 Å². The van der Waals surface area contributed by atoms with Crippen molar-refractivity contribution in [2.75, 3.05) is 16.8 Å². The van der Waals surface area contributed by atoms with Crippen LogP contribution in [0.25, 0.3) is 0 Å². The van der Waals surface area contributed by atoms with Crippen molar-refractivity contribution < 1.29 is 12.8 Å². The molecule has 1 saturated heterocycles. The lowest BCUT2D eigenvalue weighted by Crippen LogP contribution is -2.32. The molecule has 1 fully saturated rings. The maximum Gasteiger partial charge on any atom is 0.214 e. The summed E-state index contributed by atoms with van der Waals surface area (Å²) >= 11 is 0. The number of sulfone groups is 1. The van der Waals surface area contributed by atoms with E-state index in [9.17, 15) is 12.8 Å². The van der Waals surface area contributed by atoms with Crippen molar-refractivity contribution in [3.63, 3.8) is 0 Å². The van der Waals surface area contributed by atoms with Crippen LogP contribution in [0, 0.1) is 5.95 Å². The standard InChI is InChI=1S/C10H13FN2O2S/c11-9-2-1-3-10(13-9)12-8-4-6-16(14,15)7-5-8/h1-3,8H,4-7H2,(H,12,13). The molecule has 1 aliphatic rings. The van der Waals surface area contributed by atoms with Crippen molar-refractivity contribution in [3.8, 4) is 0 Å². The third-order valence-corrected chi connectivity index (χ3v) is 4.34. The number of nitrogens with one attached hydrogen (secondary N) is 1. The minimum atomic E-state index is -2.85. The second kappa shape index (κ2) is 4.37. The van der Waals surface area contributed by atoms with Crippen molar-refractivity contribution in [2.24, 2.45) is 0 Å². The van der Waals surface area contributed by atoms with E-state index in [0.717, 1.165) is 0 Å². The van der Waals surface area contributed by atoms with Crippen LogP contribution in [0.1, 0.15) is 12.8 Å². The fraction of sp³-hybridized carbons (Fsp3) is 0.500. The van der Waals surface area contributed by atoms with Gasteiger partial charge in [0.05, 0.1) is 11.5 Å². The molecule has 0 unspecified atom stereocenters. The molecule has 6 heteroatoms. The summed E-state index contributed by atoms with van der Waals surface area (Å²) in [4.78, 5) is 3.68. The van der Waals surface area contributed by atoms with E-state index >= 15 is 0 Å². The Kier molecular flexibility index (Phi) is 3.09. The third-order valence-electron chi connectivity index (χ3n) is 2.62. The molecule has 0 aliphatic carbocycles.